The van der Waals surface area contributed by atoms with Gasteiger partial charge >= 0.3 is 5.97 Å². The molecule has 1 atom stereocenters. The predicted molar refractivity (Wildman–Crippen MR) is 107 cm³/mol. The number of ether oxygens (including phenoxy) is 3. The molecule has 0 spiro atoms. The largest absolute Gasteiger partial charge is 0.476 e. The summed E-state index contributed by atoms with van der Waals surface area (Å²) in [6.07, 6.45) is 0. The molecule has 0 radical (unpaired) electrons. The van der Waals surface area contributed by atoms with Crippen molar-refractivity contribution < 1.29 is 41.0 Å². The van der Waals surface area contributed by atoms with E-state index in [1.807, 2.05) is 17.5 Å². The monoisotopic (exact) mass is 494 g/mol. The zero-order valence-electron chi connectivity index (χ0n) is 16.7. The fourth-order valence-electron chi connectivity index (χ4n) is 3.25. The molecule has 0 amide bonds. The molecule has 12 heteroatoms. The molecule has 0 bridgehead atoms. The maximum atomic E-state index is 13.7. The number of benzene rings is 2. The Morgan fingerprint density at radius 1 is 1.09 bits per heavy atom. The molecule has 3 aromatic rings. The van der Waals surface area contributed by atoms with Gasteiger partial charge in [-0.05, 0) is 17.5 Å². The Balaban J connectivity index is 1.53. The van der Waals surface area contributed by atoms with Gasteiger partial charge in [-0.2, -0.15) is 14.0 Å². The van der Waals surface area contributed by atoms with Crippen LogP contribution in [0.1, 0.15) is 16.4 Å². The normalized spacial score (nSPS) is 14.8. The molecule has 34 heavy (non-hydrogen) atoms. The Morgan fingerprint density at radius 3 is 2.38 bits per heavy atom. The molecule has 1 aliphatic heterocycles. The van der Waals surface area contributed by atoms with Crippen LogP contribution < -0.4 is 19.9 Å². The van der Waals surface area contributed by atoms with Gasteiger partial charge in [0, 0.05) is 16.5 Å². The second-order valence-electron chi connectivity index (χ2n) is 6.80. The lowest BCUT2D eigenvalue weighted by molar-refractivity contribution is -0.136. The first-order valence-electron chi connectivity index (χ1n) is 9.32. The van der Waals surface area contributed by atoms with Crippen molar-refractivity contribution in [2.24, 2.45) is 5.73 Å². The van der Waals surface area contributed by atoms with Crippen LogP contribution >= 0.6 is 11.3 Å². The minimum Gasteiger partial charge on any atom is -0.476 e. The van der Waals surface area contributed by atoms with Crippen LogP contribution in [-0.2, 0) is 4.79 Å². The van der Waals surface area contributed by atoms with Gasteiger partial charge in [-0.3, -0.25) is 0 Å². The predicted octanol–water partition coefficient (Wildman–Crippen LogP) is 4.65. The van der Waals surface area contributed by atoms with Gasteiger partial charge in [-0.1, -0.05) is 12.1 Å². The molecule has 0 fully saturated rings. The fourth-order valence-corrected chi connectivity index (χ4v) is 4.10. The first-order valence-corrected chi connectivity index (χ1v) is 10.2. The van der Waals surface area contributed by atoms with E-state index in [0.717, 1.165) is 4.88 Å². The third kappa shape index (κ3) is 4.01. The quantitative estimate of drug-likeness (QED) is 0.183. The Morgan fingerprint density at radius 2 is 1.76 bits per heavy atom. The zero-order chi connectivity index (χ0) is 24.6. The number of carbonyl (C=O) groups is 1. The van der Waals surface area contributed by atoms with Crippen molar-refractivity contribution in [2.75, 3.05) is 6.61 Å². The van der Waals surface area contributed by atoms with Crippen LogP contribution in [0.3, 0.4) is 0 Å². The van der Waals surface area contributed by atoms with Crippen LogP contribution in [0.2, 0.25) is 0 Å². The third-order valence-corrected chi connectivity index (χ3v) is 5.69. The van der Waals surface area contributed by atoms with Gasteiger partial charge in [-0.25, -0.2) is 18.0 Å². The van der Waals surface area contributed by atoms with E-state index in [0.29, 0.717) is 5.56 Å². The lowest BCUT2D eigenvalue weighted by Crippen LogP contribution is -2.21. The number of nitrogens with zero attached hydrogens (tertiary/aromatic N) is 1. The lowest BCUT2D eigenvalue weighted by atomic mass is 9.88. The highest BCUT2D eigenvalue weighted by Gasteiger charge is 2.32. The molecular weight excluding hydrogens is 483 g/mol. The number of hydrogen-bond acceptors (Lipinski definition) is 7. The van der Waals surface area contributed by atoms with Crippen molar-refractivity contribution in [2.45, 2.75) is 5.92 Å². The maximum absolute atomic E-state index is 13.7. The highest BCUT2D eigenvalue weighted by Crippen LogP contribution is 2.44. The number of allylic oxidation sites excluding steroid dienone is 1. The van der Waals surface area contributed by atoms with Crippen molar-refractivity contribution in [3.8, 4) is 23.3 Å². The van der Waals surface area contributed by atoms with Crippen LogP contribution in [0, 0.1) is 40.4 Å². The average Bonchev–Trinajstić information content (AvgIpc) is 3.35. The van der Waals surface area contributed by atoms with Crippen molar-refractivity contribution in [1.29, 1.82) is 5.26 Å². The Labute approximate surface area is 192 Å². The Kier molecular flexibility index (Phi) is 6.12. The van der Waals surface area contributed by atoms with Crippen molar-refractivity contribution in [3.63, 3.8) is 0 Å². The van der Waals surface area contributed by atoms with E-state index in [9.17, 15) is 32.0 Å². The second kappa shape index (κ2) is 9.03. The Hall–Kier alpha value is -4.11. The molecule has 1 aromatic heterocycles. The molecule has 0 aliphatic carbocycles. The average molecular weight is 494 g/mol. The van der Waals surface area contributed by atoms with Gasteiger partial charge in [0.05, 0.1) is 5.92 Å². The summed E-state index contributed by atoms with van der Waals surface area (Å²) < 4.78 is 81.9. The summed E-state index contributed by atoms with van der Waals surface area (Å²) >= 11 is 1.40. The molecule has 2 N–H and O–H groups in total. The van der Waals surface area contributed by atoms with Gasteiger partial charge in [0.1, 0.15) is 23.1 Å². The summed E-state index contributed by atoms with van der Waals surface area (Å²) in [5, 5.41) is 11.3. The van der Waals surface area contributed by atoms with Crippen LogP contribution in [0.25, 0.3) is 0 Å². The van der Waals surface area contributed by atoms with Gasteiger partial charge in [0.2, 0.25) is 35.0 Å². The summed E-state index contributed by atoms with van der Waals surface area (Å²) in [4.78, 5) is 12.9. The number of thiophene rings is 1. The molecule has 4 rings (SSSR count). The molecule has 1 unspecified atom stereocenters. The number of hydrogen-bond donors (Lipinski definition) is 1. The minimum atomic E-state index is -2.35. The van der Waals surface area contributed by atoms with E-state index in [1.54, 1.807) is 6.07 Å². The van der Waals surface area contributed by atoms with E-state index in [4.69, 9.17) is 15.2 Å². The van der Waals surface area contributed by atoms with Crippen molar-refractivity contribution in [1.82, 2.24) is 0 Å². The van der Waals surface area contributed by atoms with Crippen LogP contribution in [-0.4, -0.2) is 12.6 Å². The molecular formula is C22H11F5N2O4S. The van der Waals surface area contributed by atoms with E-state index in [2.05, 4.69) is 4.74 Å². The molecule has 6 nitrogen and oxygen atoms in total. The standard InChI is InChI=1S/C22H11F5N2O4S/c23-16-17(24)19(26)21(20(27)18(16)25)31-8-14(30)32-9-3-4-10-12(6-9)33-22(29)11(7-28)15(10)13-2-1-5-34-13/h1-6,15H,8,29H2. The number of fused-ring (bicyclic) bond motifs is 1. The highest BCUT2D eigenvalue weighted by molar-refractivity contribution is 7.10. The molecule has 0 saturated carbocycles. The first kappa shape index (κ1) is 23.1. The number of esters is 1. The molecule has 2 heterocycles. The Bertz CT molecular complexity index is 1340. The SMILES string of the molecule is N#CC1=C(N)Oc2cc(OC(=O)COc3c(F)c(F)c(F)c(F)c3F)ccc2C1c1cccs1. The number of nitriles is 1. The lowest BCUT2D eigenvalue weighted by Gasteiger charge is -2.25. The fraction of sp³-hybridized carbons (Fsp3) is 0.0909. The van der Waals surface area contributed by atoms with E-state index >= 15 is 0 Å². The van der Waals surface area contributed by atoms with Gasteiger partial charge in [0.15, 0.2) is 12.4 Å². The van der Waals surface area contributed by atoms with Crippen molar-refractivity contribution >= 4 is 17.3 Å². The topological polar surface area (TPSA) is 94.6 Å². The summed E-state index contributed by atoms with van der Waals surface area (Å²) in [6.45, 7) is -1.16. The number of nitrogens with two attached hydrogens (primary N) is 1. The highest BCUT2D eigenvalue weighted by atomic mass is 32.1. The summed E-state index contributed by atoms with van der Waals surface area (Å²) in [5.41, 5.74) is 6.66. The summed E-state index contributed by atoms with van der Waals surface area (Å²) in [7, 11) is 0. The van der Waals surface area contributed by atoms with E-state index in [-0.39, 0.29) is 23.0 Å². The number of rotatable bonds is 5. The first-order chi connectivity index (χ1) is 16.2. The number of halogens is 5. The summed E-state index contributed by atoms with van der Waals surface area (Å²) in [5.74, 6) is -14.5. The summed E-state index contributed by atoms with van der Waals surface area (Å²) in [6, 6.07) is 9.86. The van der Waals surface area contributed by atoms with Crippen LogP contribution in [0.15, 0.2) is 47.2 Å². The van der Waals surface area contributed by atoms with Crippen molar-refractivity contribution in [3.05, 3.63) is 86.7 Å². The zero-order valence-corrected chi connectivity index (χ0v) is 17.5. The maximum Gasteiger partial charge on any atom is 0.349 e. The molecule has 1 aliphatic rings. The minimum absolute atomic E-state index is 0.0806. The third-order valence-electron chi connectivity index (χ3n) is 4.75. The number of carbonyl (C=O) groups excluding carboxylic acids is 1. The van der Waals surface area contributed by atoms with Crippen LogP contribution in [0.4, 0.5) is 22.0 Å². The van der Waals surface area contributed by atoms with Crippen LogP contribution in [0.5, 0.6) is 17.2 Å². The smallest absolute Gasteiger partial charge is 0.349 e. The molecule has 174 valence electrons. The van der Waals surface area contributed by atoms with Gasteiger partial charge in [-0.15, -0.1) is 11.3 Å². The van der Waals surface area contributed by atoms with E-state index in [1.165, 1.54) is 29.5 Å². The van der Waals surface area contributed by atoms with E-state index < -0.39 is 53.3 Å². The van der Waals surface area contributed by atoms with Gasteiger partial charge in [0.25, 0.3) is 0 Å². The molecule has 0 saturated heterocycles. The van der Waals surface area contributed by atoms with Gasteiger partial charge < -0.3 is 19.9 Å². The second-order valence-corrected chi connectivity index (χ2v) is 7.78. The molecule has 2 aromatic carbocycles.